The molecule has 0 atom stereocenters. The third-order valence-electron chi connectivity index (χ3n) is 2.29. The minimum absolute atomic E-state index is 0.562. The van der Waals surface area contributed by atoms with Gasteiger partial charge in [-0.2, -0.15) is 0 Å². The van der Waals surface area contributed by atoms with E-state index in [1.54, 1.807) is 18.4 Å². The highest BCUT2D eigenvalue weighted by Gasteiger charge is 1.98. The number of aldehydes is 1. The van der Waals surface area contributed by atoms with Crippen LogP contribution in [0, 0.1) is 0 Å². The molecule has 0 saturated carbocycles. The van der Waals surface area contributed by atoms with Crippen LogP contribution in [-0.4, -0.2) is 6.29 Å². The quantitative estimate of drug-likeness (QED) is 0.304. The maximum absolute atomic E-state index is 10.7. The number of hydrogen-bond acceptors (Lipinski definition) is 2. The summed E-state index contributed by atoms with van der Waals surface area (Å²) in [6, 6.07) is 7.15. The summed E-state index contributed by atoms with van der Waals surface area (Å²) >= 11 is 0. The van der Waals surface area contributed by atoms with Crippen LogP contribution in [0.25, 0.3) is 0 Å². The van der Waals surface area contributed by atoms with Crippen molar-refractivity contribution in [3.63, 3.8) is 0 Å². The van der Waals surface area contributed by atoms with Gasteiger partial charge in [0.05, 0.1) is 11.8 Å². The van der Waals surface area contributed by atoms with Gasteiger partial charge in [0.1, 0.15) is 5.75 Å². The van der Waals surface area contributed by atoms with Gasteiger partial charge in [0.2, 0.25) is 0 Å². The Morgan fingerprint density at radius 1 is 1.24 bits per heavy atom. The van der Waals surface area contributed by atoms with E-state index < -0.39 is 0 Å². The lowest BCUT2D eigenvalue weighted by atomic mass is 10.2. The fraction of sp³-hybridized carbons (Fsp3) is 0.267. The van der Waals surface area contributed by atoms with E-state index in [0.717, 1.165) is 12.7 Å². The van der Waals surface area contributed by atoms with Crippen molar-refractivity contribution in [2.45, 2.75) is 26.2 Å². The van der Waals surface area contributed by atoms with E-state index in [4.69, 9.17) is 4.74 Å². The van der Waals surface area contributed by atoms with E-state index in [2.05, 4.69) is 13.0 Å². The maximum Gasteiger partial charge on any atom is 0.153 e. The average molecular weight is 230 g/mol. The molecule has 0 heterocycles. The number of carbonyl (C=O) groups excluding carboxylic acids is 1. The molecule has 0 radical (unpaired) electrons. The Morgan fingerprint density at radius 2 is 2.06 bits per heavy atom. The summed E-state index contributed by atoms with van der Waals surface area (Å²) in [5.41, 5.74) is 0.562. The SMILES string of the molecule is CCCCC=CC=COc1ccccc1C=O. The van der Waals surface area contributed by atoms with Crippen LogP contribution in [0.5, 0.6) is 5.75 Å². The van der Waals surface area contributed by atoms with Crippen LogP contribution in [-0.2, 0) is 0 Å². The van der Waals surface area contributed by atoms with E-state index in [-0.39, 0.29) is 0 Å². The van der Waals surface area contributed by atoms with Crippen LogP contribution < -0.4 is 4.74 Å². The Balaban J connectivity index is 2.41. The molecule has 0 aromatic heterocycles. The molecule has 90 valence electrons. The van der Waals surface area contributed by atoms with Gasteiger partial charge in [-0.25, -0.2) is 0 Å². The molecular formula is C15H18O2. The van der Waals surface area contributed by atoms with Gasteiger partial charge in [-0.1, -0.05) is 44.1 Å². The van der Waals surface area contributed by atoms with Gasteiger partial charge >= 0.3 is 0 Å². The van der Waals surface area contributed by atoms with E-state index in [0.29, 0.717) is 11.3 Å². The molecule has 0 aliphatic heterocycles. The van der Waals surface area contributed by atoms with Crippen LogP contribution in [0.4, 0.5) is 0 Å². The number of allylic oxidation sites excluding steroid dienone is 3. The topological polar surface area (TPSA) is 26.3 Å². The zero-order valence-electron chi connectivity index (χ0n) is 10.1. The van der Waals surface area contributed by atoms with Crippen molar-refractivity contribution in [2.24, 2.45) is 0 Å². The molecule has 0 fully saturated rings. The molecule has 0 unspecified atom stereocenters. The van der Waals surface area contributed by atoms with E-state index in [1.807, 2.05) is 24.3 Å². The van der Waals surface area contributed by atoms with E-state index in [1.165, 1.54) is 12.8 Å². The van der Waals surface area contributed by atoms with Gasteiger partial charge in [-0.3, -0.25) is 4.79 Å². The first kappa shape index (κ1) is 13.2. The Bertz CT molecular complexity index is 392. The molecule has 2 heteroatoms. The van der Waals surface area contributed by atoms with E-state index in [9.17, 15) is 4.79 Å². The van der Waals surface area contributed by atoms with Crippen LogP contribution >= 0.6 is 0 Å². The first-order chi connectivity index (χ1) is 8.38. The molecule has 0 aliphatic carbocycles. The summed E-state index contributed by atoms with van der Waals surface area (Å²) in [7, 11) is 0. The van der Waals surface area contributed by atoms with Gasteiger partial charge in [0.25, 0.3) is 0 Å². The third-order valence-corrected chi connectivity index (χ3v) is 2.29. The number of carbonyl (C=O) groups is 1. The lowest BCUT2D eigenvalue weighted by Crippen LogP contribution is -1.88. The van der Waals surface area contributed by atoms with Crippen molar-refractivity contribution in [1.29, 1.82) is 0 Å². The fourth-order valence-corrected chi connectivity index (χ4v) is 1.34. The Kier molecular flexibility index (Phi) is 6.49. The van der Waals surface area contributed by atoms with Crippen molar-refractivity contribution in [1.82, 2.24) is 0 Å². The molecule has 1 aromatic rings. The standard InChI is InChI=1S/C15H18O2/c1-2-3-4-5-6-9-12-17-15-11-8-7-10-14(15)13-16/h5-13H,2-4H2,1H3. The largest absolute Gasteiger partial charge is 0.464 e. The van der Waals surface area contributed by atoms with Crippen molar-refractivity contribution < 1.29 is 9.53 Å². The number of hydrogen-bond donors (Lipinski definition) is 0. The maximum atomic E-state index is 10.7. The summed E-state index contributed by atoms with van der Waals surface area (Å²) in [6.07, 6.45) is 11.8. The molecule has 0 aliphatic rings. The van der Waals surface area contributed by atoms with E-state index >= 15 is 0 Å². The summed E-state index contributed by atoms with van der Waals surface area (Å²) < 4.78 is 5.37. The highest BCUT2D eigenvalue weighted by Crippen LogP contribution is 2.15. The van der Waals surface area contributed by atoms with Crippen LogP contribution in [0.2, 0.25) is 0 Å². The summed E-state index contributed by atoms with van der Waals surface area (Å²) in [5.74, 6) is 0.584. The zero-order valence-corrected chi connectivity index (χ0v) is 10.1. The second-order valence-corrected chi connectivity index (χ2v) is 3.67. The number of rotatable bonds is 7. The van der Waals surface area contributed by atoms with Gasteiger partial charge in [-0.15, -0.1) is 0 Å². The molecule has 1 rings (SSSR count). The molecule has 0 saturated heterocycles. The Hall–Kier alpha value is -1.83. The number of ether oxygens (including phenoxy) is 1. The number of benzene rings is 1. The monoisotopic (exact) mass is 230 g/mol. The highest BCUT2D eigenvalue weighted by atomic mass is 16.5. The van der Waals surface area contributed by atoms with Gasteiger partial charge in [-0.05, 0) is 24.6 Å². The molecule has 17 heavy (non-hydrogen) atoms. The van der Waals surface area contributed by atoms with Crippen LogP contribution in [0.1, 0.15) is 36.5 Å². The predicted octanol–water partition coefficient (Wildman–Crippen LogP) is 4.14. The first-order valence-corrected chi connectivity index (χ1v) is 5.91. The highest BCUT2D eigenvalue weighted by molar-refractivity contribution is 5.79. The second kappa shape index (κ2) is 8.34. The predicted molar refractivity (Wildman–Crippen MR) is 70.3 cm³/mol. The van der Waals surface area contributed by atoms with Crippen molar-refractivity contribution in [2.75, 3.05) is 0 Å². The summed E-state index contributed by atoms with van der Waals surface area (Å²) in [6.45, 7) is 2.17. The fourth-order valence-electron chi connectivity index (χ4n) is 1.34. The Morgan fingerprint density at radius 3 is 2.82 bits per heavy atom. The van der Waals surface area contributed by atoms with Gasteiger partial charge < -0.3 is 4.74 Å². The smallest absolute Gasteiger partial charge is 0.153 e. The van der Waals surface area contributed by atoms with Crippen molar-refractivity contribution >= 4 is 6.29 Å². The molecule has 0 N–H and O–H groups in total. The molecular weight excluding hydrogens is 212 g/mol. The first-order valence-electron chi connectivity index (χ1n) is 5.91. The minimum atomic E-state index is 0.562. The zero-order chi connectivity index (χ0) is 12.3. The number of para-hydroxylation sites is 1. The molecule has 0 amide bonds. The lowest BCUT2D eigenvalue weighted by molar-refractivity contribution is 0.112. The minimum Gasteiger partial charge on any atom is -0.464 e. The summed E-state index contributed by atoms with van der Waals surface area (Å²) in [4.78, 5) is 10.7. The molecule has 0 bridgehead atoms. The normalized spacial score (nSPS) is 11.1. The number of unbranched alkanes of at least 4 members (excludes halogenated alkanes) is 2. The third kappa shape index (κ3) is 5.16. The van der Waals surface area contributed by atoms with Gasteiger partial charge in [0.15, 0.2) is 6.29 Å². The Labute approximate surface area is 103 Å². The molecule has 1 aromatic carbocycles. The van der Waals surface area contributed by atoms with Crippen LogP contribution in [0.15, 0.2) is 48.8 Å². The van der Waals surface area contributed by atoms with Crippen LogP contribution in [0.3, 0.4) is 0 Å². The van der Waals surface area contributed by atoms with Crippen molar-refractivity contribution in [3.8, 4) is 5.75 Å². The molecule has 0 spiro atoms. The molecule has 2 nitrogen and oxygen atoms in total. The van der Waals surface area contributed by atoms with Gasteiger partial charge in [0, 0.05) is 0 Å². The van der Waals surface area contributed by atoms with Crippen molar-refractivity contribution in [3.05, 3.63) is 54.3 Å². The second-order valence-electron chi connectivity index (χ2n) is 3.67. The average Bonchev–Trinajstić information content (AvgIpc) is 2.38. The summed E-state index contributed by atoms with van der Waals surface area (Å²) in [5, 5.41) is 0. The lowest BCUT2D eigenvalue weighted by Gasteiger charge is -2.01.